The van der Waals surface area contributed by atoms with E-state index in [1.807, 2.05) is 10.6 Å². The van der Waals surface area contributed by atoms with Crippen molar-refractivity contribution in [3.8, 4) is 0 Å². The first-order valence-electron chi connectivity index (χ1n) is 8.49. The van der Waals surface area contributed by atoms with Crippen LogP contribution in [0.15, 0.2) is 41.8 Å². The van der Waals surface area contributed by atoms with Crippen LogP contribution in [0.5, 0.6) is 0 Å². The Labute approximate surface area is 150 Å². The largest absolute Gasteiger partial charge is 0.325 e. The molecule has 4 rings (SSSR count). The summed E-state index contributed by atoms with van der Waals surface area (Å²) in [5.41, 5.74) is 3.64. The van der Waals surface area contributed by atoms with E-state index in [1.54, 1.807) is 6.33 Å². The van der Waals surface area contributed by atoms with Crippen molar-refractivity contribution in [1.82, 2.24) is 14.8 Å². The molecule has 1 aliphatic carbocycles. The third kappa shape index (κ3) is 3.02. The smallest absolute Gasteiger partial charge is 0.234 e. The second-order valence-corrected chi connectivity index (χ2v) is 7.51. The lowest BCUT2D eigenvalue weighted by molar-refractivity contribution is -0.113. The number of rotatable bonds is 5. The molecule has 0 bridgehead atoms. The number of anilines is 1. The Morgan fingerprint density at radius 3 is 2.84 bits per heavy atom. The van der Waals surface area contributed by atoms with Gasteiger partial charge >= 0.3 is 0 Å². The Morgan fingerprint density at radius 1 is 1.24 bits per heavy atom. The van der Waals surface area contributed by atoms with E-state index in [0.29, 0.717) is 5.75 Å². The number of hydrogen-bond donors (Lipinski definition) is 1. The standard InChI is InChI=1S/C19H20N4OS/c1-12(2)23-11-20-22-19(23)25-10-17(24)21-16-9-8-14-7-6-13-4-3-5-15(16)18(13)14/h3-5,8-9,11-12H,6-7,10H2,1-2H3,(H,21,24). The van der Waals surface area contributed by atoms with Gasteiger partial charge in [-0.15, -0.1) is 10.2 Å². The highest BCUT2D eigenvalue weighted by Gasteiger charge is 2.17. The molecule has 0 spiro atoms. The predicted octanol–water partition coefficient (Wildman–Crippen LogP) is 3.84. The fraction of sp³-hybridized carbons (Fsp3) is 0.316. The highest BCUT2D eigenvalue weighted by Crippen LogP contribution is 2.35. The minimum Gasteiger partial charge on any atom is -0.325 e. The van der Waals surface area contributed by atoms with E-state index in [0.717, 1.165) is 29.1 Å². The van der Waals surface area contributed by atoms with Crippen LogP contribution in [0.4, 0.5) is 5.69 Å². The molecule has 6 heteroatoms. The Hall–Kier alpha value is -2.34. The summed E-state index contributed by atoms with van der Waals surface area (Å²) in [7, 11) is 0. The van der Waals surface area contributed by atoms with Gasteiger partial charge in [-0.05, 0) is 49.3 Å². The lowest BCUT2D eigenvalue weighted by Gasteiger charge is -2.11. The van der Waals surface area contributed by atoms with Gasteiger partial charge in [0.1, 0.15) is 6.33 Å². The van der Waals surface area contributed by atoms with Crippen LogP contribution in [0.1, 0.15) is 31.0 Å². The average molecular weight is 352 g/mol. The van der Waals surface area contributed by atoms with Crippen molar-refractivity contribution >= 4 is 34.1 Å². The quantitative estimate of drug-likeness (QED) is 0.709. The maximum absolute atomic E-state index is 12.4. The summed E-state index contributed by atoms with van der Waals surface area (Å²) in [5.74, 6) is 0.288. The zero-order valence-corrected chi connectivity index (χ0v) is 15.1. The fourth-order valence-corrected chi connectivity index (χ4v) is 4.21. The van der Waals surface area contributed by atoms with Gasteiger partial charge in [-0.2, -0.15) is 0 Å². The summed E-state index contributed by atoms with van der Waals surface area (Å²) >= 11 is 1.41. The molecule has 0 unspecified atom stereocenters. The van der Waals surface area contributed by atoms with E-state index in [2.05, 4.69) is 53.6 Å². The van der Waals surface area contributed by atoms with E-state index in [4.69, 9.17) is 0 Å². The van der Waals surface area contributed by atoms with Crippen LogP contribution in [0.25, 0.3) is 10.8 Å². The van der Waals surface area contributed by atoms with Gasteiger partial charge in [-0.1, -0.05) is 36.0 Å². The first-order chi connectivity index (χ1) is 12.1. The van der Waals surface area contributed by atoms with Crippen molar-refractivity contribution in [2.45, 2.75) is 37.9 Å². The topological polar surface area (TPSA) is 59.8 Å². The van der Waals surface area contributed by atoms with Gasteiger partial charge in [-0.25, -0.2) is 0 Å². The molecule has 0 saturated carbocycles. The molecule has 1 N–H and O–H groups in total. The summed E-state index contributed by atoms with van der Waals surface area (Å²) in [6.45, 7) is 4.14. The molecule has 0 radical (unpaired) electrons. The first kappa shape index (κ1) is 16.1. The van der Waals surface area contributed by atoms with Gasteiger partial charge < -0.3 is 9.88 Å². The number of carbonyl (C=O) groups excluding carboxylic acids is 1. The number of benzene rings is 2. The normalized spacial score (nSPS) is 12.9. The molecule has 128 valence electrons. The molecule has 0 saturated heterocycles. The third-order valence-electron chi connectivity index (χ3n) is 4.58. The second-order valence-electron chi connectivity index (χ2n) is 6.56. The predicted molar refractivity (Wildman–Crippen MR) is 101 cm³/mol. The van der Waals surface area contributed by atoms with Crippen LogP contribution in [-0.2, 0) is 17.6 Å². The summed E-state index contributed by atoms with van der Waals surface area (Å²) in [5, 5.41) is 14.3. The van der Waals surface area contributed by atoms with Crippen molar-refractivity contribution in [1.29, 1.82) is 0 Å². The van der Waals surface area contributed by atoms with Crippen molar-refractivity contribution in [3.63, 3.8) is 0 Å². The average Bonchev–Trinajstić information content (AvgIpc) is 3.23. The van der Waals surface area contributed by atoms with Crippen LogP contribution < -0.4 is 5.32 Å². The first-order valence-corrected chi connectivity index (χ1v) is 9.47. The van der Waals surface area contributed by atoms with Crippen LogP contribution in [0.3, 0.4) is 0 Å². The zero-order chi connectivity index (χ0) is 17.4. The molecule has 3 aromatic rings. The molecule has 0 atom stereocenters. The van der Waals surface area contributed by atoms with E-state index in [1.165, 1.54) is 28.3 Å². The molecular weight excluding hydrogens is 332 g/mol. The monoisotopic (exact) mass is 352 g/mol. The van der Waals surface area contributed by atoms with Crippen LogP contribution in [0, 0.1) is 0 Å². The van der Waals surface area contributed by atoms with Crippen LogP contribution >= 0.6 is 11.8 Å². The number of nitrogens with one attached hydrogen (secondary N) is 1. The Balaban J connectivity index is 1.50. The van der Waals surface area contributed by atoms with Gasteiger partial charge in [0.05, 0.1) is 5.75 Å². The number of hydrogen-bond acceptors (Lipinski definition) is 4. The fourth-order valence-electron chi connectivity index (χ4n) is 3.36. The minimum atomic E-state index is -0.0259. The Bertz CT molecular complexity index is 937. The Morgan fingerprint density at radius 2 is 2.04 bits per heavy atom. The van der Waals surface area contributed by atoms with E-state index >= 15 is 0 Å². The number of aryl methyl sites for hydroxylation is 2. The molecule has 1 aromatic heterocycles. The lowest BCUT2D eigenvalue weighted by atomic mass is 10.0. The van der Waals surface area contributed by atoms with Crippen molar-refractivity contribution in [3.05, 3.63) is 47.8 Å². The van der Waals surface area contributed by atoms with Gasteiger partial charge in [-0.3, -0.25) is 4.79 Å². The summed E-state index contributed by atoms with van der Waals surface area (Å²) in [6, 6.07) is 10.8. The van der Waals surface area contributed by atoms with Gasteiger partial charge in [0.15, 0.2) is 5.16 Å². The van der Waals surface area contributed by atoms with Crippen molar-refractivity contribution in [2.24, 2.45) is 0 Å². The number of carbonyl (C=O) groups is 1. The minimum absolute atomic E-state index is 0.0259. The molecule has 0 fully saturated rings. The molecule has 25 heavy (non-hydrogen) atoms. The maximum Gasteiger partial charge on any atom is 0.234 e. The van der Waals surface area contributed by atoms with Gasteiger partial charge in [0.2, 0.25) is 5.91 Å². The van der Waals surface area contributed by atoms with Crippen LogP contribution in [0.2, 0.25) is 0 Å². The highest BCUT2D eigenvalue weighted by atomic mass is 32.2. The number of thioether (sulfide) groups is 1. The second kappa shape index (κ2) is 6.52. The summed E-state index contributed by atoms with van der Waals surface area (Å²) in [6.07, 6.45) is 3.88. The highest BCUT2D eigenvalue weighted by molar-refractivity contribution is 7.99. The van der Waals surface area contributed by atoms with Crippen LogP contribution in [-0.4, -0.2) is 26.4 Å². The lowest BCUT2D eigenvalue weighted by Crippen LogP contribution is -2.15. The van der Waals surface area contributed by atoms with E-state index in [-0.39, 0.29) is 11.9 Å². The summed E-state index contributed by atoms with van der Waals surface area (Å²) in [4.78, 5) is 12.4. The summed E-state index contributed by atoms with van der Waals surface area (Å²) < 4.78 is 1.97. The molecule has 5 nitrogen and oxygen atoms in total. The van der Waals surface area contributed by atoms with Crippen molar-refractivity contribution in [2.75, 3.05) is 11.1 Å². The number of nitrogens with zero attached hydrogens (tertiary/aromatic N) is 3. The number of amides is 1. The molecule has 1 aliphatic rings. The molecular formula is C19H20N4OS. The van der Waals surface area contributed by atoms with Gasteiger partial charge in [0, 0.05) is 17.1 Å². The molecule has 1 amide bonds. The third-order valence-corrected chi connectivity index (χ3v) is 5.54. The molecule has 0 aliphatic heterocycles. The van der Waals surface area contributed by atoms with E-state index < -0.39 is 0 Å². The zero-order valence-electron chi connectivity index (χ0n) is 14.3. The maximum atomic E-state index is 12.4. The Kier molecular flexibility index (Phi) is 4.21. The number of aromatic nitrogens is 3. The molecule has 2 aromatic carbocycles. The van der Waals surface area contributed by atoms with E-state index in [9.17, 15) is 4.79 Å². The SMILES string of the molecule is CC(C)n1cnnc1SCC(=O)Nc1ccc2c3c(cccc13)CC2. The molecule has 1 heterocycles. The van der Waals surface area contributed by atoms with Gasteiger partial charge in [0.25, 0.3) is 0 Å². The van der Waals surface area contributed by atoms with Crippen molar-refractivity contribution < 1.29 is 4.79 Å².